The van der Waals surface area contributed by atoms with Crippen molar-refractivity contribution in [2.75, 3.05) is 18.0 Å². The van der Waals surface area contributed by atoms with Crippen LogP contribution < -0.4 is 4.90 Å². The number of nitro benzene ring substituents is 1. The van der Waals surface area contributed by atoms with Gasteiger partial charge in [-0.05, 0) is 29.9 Å². The Hall–Kier alpha value is -1.29. The molecule has 1 heterocycles. The third-order valence-electron chi connectivity index (χ3n) is 3.63. The summed E-state index contributed by atoms with van der Waals surface area (Å²) in [6.07, 6.45) is 2.23. The van der Waals surface area contributed by atoms with E-state index < -0.39 is 0 Å². The second-order valence-electron chi connectivity index (χ2n) is 5.90. The average molecular weight is 283 g/mol. The first-order valence-electron chi connectivity index (χ1n) is 6.51. The third kappa shape index (κ3) is 3.18. The molecule has 0 unspecified atom stereocenters. The predicted octanol–water partition coefficient (Wildman–Crippen LogP) is 3.96. The van der Waals surface area contributed by atoms with Crippen LogP contribution in [0.15, 0.2) is 18.2 Å². The Bertz CT molecular complexity index is 488. The van der Waals surface area contributed by atoms with Crippen LogP contribution in [0.2, 0.25) is 0 Å². The molecule has 0 N–H and O–H groups in total. The van der Waals surface area contributed by atoms with E-state index >= 15 is 0 Å². The Morgan fingerprint density at radius 1 is 1.47 bits per heavy atom. The number of nitrogens with zero attached hydrogens (tertiary/aromatic N) is 2. The first-order chi connectivity index (χ1) is 8.93. The molecule has 104 valence electrons. The Morgan fingerprint density at radius 2 is 2.21 bits per heavy atom. The SMILES string of the molecule is CC1(C)CCCN(c2ccc(CCl)cc2[N+](=O)[O-])C1. The summed E-state index contributed by atoms with van der Waals surface area (Å²) in [7, 11) is 0. The molecular weight excluding hydrogens is 264 g/mol. The lowest BCUT2D eigenvalue weighted by Gasteiger charge is -2.39. The topological polar surface area (TPSA) is 46.4 Å². The Kier molecular flexibility index (Phi) is 3.99. The van der Waals surface area contributed by atoms with Gasteiger partial charge in [0, 0.05) is 25.0 Å². The lowest BCUT2D eigenvalue weighted by atomic mass is 9.84. The molecule has 2 rings (SSSR count). The van der Waals surface area contributed by atoms with E-state index in [9.17, 15) is 10.1 Å². The minimum atomic E-state index is -0.313. The van der Waals surface area contributed by atoms with E-state index in [1.54, 1.807) is 6.07 Å². The summed E-state index contributed by atoms with van der Waals surface area (Å²) in [6.45, 7) is 6.15. The van der Waals surface area contributed by atoms with Crippen LogP contribution in [-0.2, 0) is 5.88 Å². The normalized spacial score (nSPS) is 18.4. The van der Waals surface area contributed by atoms with Gasteiger partial charge in [0.1, 0.15) is 5.69 Å². The van der Waals surface area contributed by atoms with Crippen LogP contribution in [-0.4, -0.2) is 18.0 Å². The molecule has 4 nitrogen and oxygen atoms in total. The van der Waals surface area contributed by atoms with Gasteiger partial charge in [-0.2, -0.15) is 0 Å². The van der Waals surface area contributed by atoms with E-state index in [2.05, 4.69) is 18.7 Å². The molecule has 0 aliphatic carbocycles. The zero-order valence-electron chi connectivity index (χ0n) is 11.4. The molecule has 1 aliphatic heterocycles. The highest BCUT2D eigenvalue weighted by molar-refractivity contribution is 6.17. The van der Waals surface area contributed by atoms with Gasteiger partial charge in [0.2, 0.25) is 0 Å². The van der Waals surface area contributed by atoms with Gasteiger partial charge in [-0.25, -0.2) is 0 Å². The van der Waals surface area contributed by atoms with E-state index in [1.807, 2.05) is 12.1 Å². The number of hydrogen-bond donors (Lipinski definition) is 0. The van der Waals surface area contributed by atoms with Crippen molar-refractivity contribution in [3.63, 3.8) is 0 Å². The van der Waals surface area contributed by atoms with Gasteiger partial charge in [-0.3, -0.25) is 10.1 Å². The number of piperidine rings is 1. The standard InChI is InChI=1S/C14H19ClN2O2/c1-14(2)6-3-7-16(10-14)12-5-4-11(9-15)8-13(12)17(18)19/h4-5,8H,3,6-7,9-10H2,1-2H3. The third-order valence-corrected chi connectivity index (χ3v) is 3.94. The number of alkyl halides is 1. The van der Waals surface area contributed by atoms with E-state index in [0.717, 1.165) is 31.5 Å². The number of halogens is 1. The highest BCUT2D eigenvalue weighted by Crippen LogP contribution is 2.36. The van der Waals surface area contributed by atoms with Gasteiger partial charge in [0.15, 0.2) is 0 Å². The quantitative estimate of drug-likeness (QED) is 0.479. The molecule has 0 aromatic heterocycles. The molecule has 0 atom stereocenters. The van der Waals surface area contributed by atoms with Crippen LogP contribution in [0, 0.1) is 15.5 Å². The number of nitro groups is 1. The summed E-state index contributed by atoms with van der Waals surface area (Å²) in [5, 5.41) is 11.2. The first-order valence-corrected chi connectivity index (χ1v) is 7.05. The van der Waals surface area contributed by atoms with Crippen LogP contribution in [0.1, 0.15) is 32.3 Å². The van der Waals surface area contributed by atoms with E-state index in [-0.39, 0.29) is 16.0 Å². The molecule has 0 bridgehead atoms. The molecule has 1 aliphatic rings. The van der Waals surface area contributed by atoms with Crippen LogP contribution in [0.5, 0.6) is 0 Å². The highest BCUT2D eigenvalue weighted by Gasteiger charge is 2.29. The largest absolute Gasteiger partial charge is 0.365 e. The lowest BCUT2D eigenvalue weighted by molar-refractivity contribution is -0.384. The van der Waals surface area contributed by atoms with E-state index in [4.69, 9.17) is 11.6 Å². The average Bonchev–Trinajstić information content (AvgIpc) is 2.36. The molecule has 5 heteroatoms. The van der Waals surface area contributed by atoms with Gasteiger partial charge < -0.3 is 4.90 Å². The molecule has 1 aromatic carbocycles. The van der Waals surface area contributed by atoms with Crippen molar-refractivity contribution in [2.24, 2.45) is 5.41 Å². The van der Waals surface area contributed by atoms with Crippen molar-refractivity contribution in [3.05, 3.63) is 33.9 Å². The summed E-state index contributed by atoms with van der Waals surface area (Å²) >= 11 is 5.75. The fraction of sp³-hybridized carbons (Fsp3) is 0.571. The molecular formula is C14H19ClN2O2. The maximum Gasteiger partial charge on any atom is 0.292 e. The van der Waals surface area contributed by atoms with Crippen LogP contribution in [0.4, 0.5) is 11.4 Å². The lowest BCUT2D eigenvalue weighted by Crippen LogP contribution is -2.40. The Morgan fingerprint density at radius 3 is 2.79 bits per heavy atom. The predicted molar refractivity (Wildman–Crippen MR) is 77.9 cm³/mol. The highest BCUT2D eigenvalue weighted by atomic mass is 35.5. The maximum atomic E-state index is 11.2. The zero-order valence-corrected chi connectivity index (χ0v) is 12.1. The van der Waals surface area contributed by atoms with Crippen molar-refractivity contribution < 1.29 is 4.92 Å². The maximum absolute atomic E-state index is 11.2. The van der Waals surface area contributed by atoms with Gasteiger partial charge in [-0.1, -0.05) is 19.9 Å². The summed E-state index contributed by atoms with van der Waals surface area (Å²) < 4.78 is 0. The Balaban J connectivity index is 2.35. The monoisotopic (exact) mass is 282 g/mol. The van der Waals surface area contributed by atoms with Crippen LogP contribution in [0.25, 0.3) is 0 Å². The fourth-order valence-electron chi connectivity index (χ4n) is 2.69. The molecule has 19 heavy (non-hydrogen) atoms. The van der Waals surface area contributed by atoms with E-state index in [1.165, 1.54) is 0 Å². The molecule has 0 spiro atoms. The van der Waals surface area contributed by atoms with Crippen LogP contribution in [0.3, 0.4) is 0 Å². The minimum Gasteiger partial charge on any atom is -0.365 e. The van der Waals surface area contributed by atoms with Crippen molar-refractivity contribution in [2.45, 2.75) is 32.6 Å². The summed E-state index contributed by atoms with van der Waals surface area (Å²) in [5.74, 6) is 0.298. The molecule has 1 saturated heterocycles. The molecule has 0 amide bonds. The van der Waals surface area contributed by atoms with Gasteiger partial charge in [0.25, 0.3) is 5.69 Å². The van der Waals surface area contributed by atoms with Gasteiger partial charge in [-0.15, -0.1) is 11.6 Å². The molecule has 1 fully saturated rings. The van der Waals surface area contributed by atoms with Crippen molar-refractivity contribution >= 4 is 23.0 Å². The first kappa shape index (κ1) is 14.1. The molecule has 0 saturated carbocycles. The Labute approximate surface area is 118 Å². The second kappa shape index (κ2) is 5.37. The number of hydrogen-bond acceptors (Lipinski definition) is 3. The van der Waals surface area contributed by atoms with Crippen molar-refractivity contribution in [1.82, 2.24) is 0 Å². The second-order valence-corrected chi connectivity index (χ2v) is 6.17. The number of anilines is 1. The molecule has 1 aromatic rings. The van der Waals surface area contributed by atoms with E-state index in [0.29, 0.717) is 11.6 Å². The summed E-state index contributed by atoms with van der Waals surface area (Å²) in [4.78, 5) is 13.0. The molecule has 0 radical (unpaired) electrons. The van der Waals surface area contributed by atoms with Crippen molar-refractivity contribution in [3.8, 4) is 0 Å². The van der Waals surface area contributed by atoms with Gasteiger partial charge >= 0.3 is 0 Å². The smallest absolute Gasteiger partial charge is 0.292 e. The summed E-state index contributed by atoms with van der Waals surface area (Å²) in [6, 6.07) is 5.29. The fourth-order valence-corrected chi connectivity index (χ4v) is 2.86. The number of rotatable bonds is 3. The summed E-state index contributed by atoms with van der Waals surface area (Å²) in [5.41, 5.74) is 1.87. The van der Waals surface area contributed by atoms with Crippen molar-refractivity contribution in [1.29, 1.82) is 0 Å². The number of benzene rings is 1. The van der Waals surface area contributed by atoms with Gasteiger partial charge in [0.05, 0.1) is 4.92 Å². The van der Waals surface area contributed by atoms with Crippen LogP contribution >= 0.6 is 11.6 Å². The zero-order chi connectivity index (χ0) is 14.0. The minimum absolute atomic E-state index is 0.163.